The van der Waals surface area contributed by atoms with Gasteiger partial charge < -0.3 is 9.88 Å². The van der Waals surface area contributed by atoms with Crippen LogP contribution in [0.1, 0.15) is 22.5 Å². The van der Waals surface area contributed by atoms with E-state index in [-0.39, 0.29) is 0 Å². The van der Waals surface area contributed by atoms with E-state index in [0.29, 0.717) is 22.8 Å². The lowest BCUT2D eigenvalue weighted by molar-refractivity contribution is 0.760. The van der Waals surface area contributed by atoms with E-state index in [1.54, 1.807) is 18.2 Å². The number of para-hydroxylation sites is 1. The van der Waals surface area contributed by atoms with Gasteiger partial charge in [0.15, 0.2) is 0 Å². The van der Waals surface area contributed by atoms with Crippen LogP contribution in [-0.2, 0) is 13.1 Å². The molecule has 0 fully saturated rings. The number of hydrogen-bond donors (Lipinski definition) is 1. The molecule has 1 aromatic heterocycles. The number of benzene rings is 2. The summed E-state index contributed by atoms with van der Waals surface area (Å²) in [7, 11) is 0. The van der Waals surface area contributed by atoms with Crippen LogP contribution >= 0.6 is 11.6 Å². The van der Waals surface area contributed by atoms with Gasteiger partial charge in [-0.3, -0.25) is 0 Å². The standard InChI is InChI=1S/C19H17ClN4/c1-14-22-8-9-24(14)13-16-5-2-4-15(10-16)12-23-19-17(11-21)6-3-7-18(19)20/h2-10,23H,12-13H2,1H3. The smallest absolute Gasteiger partial charge is 0.105 e. The molecule has 5 heteroatoms. The van der Waals surface area contributed by atoms with E-state index in [1.807, 2.05) is 25.4 Å². The highest BCUT2D eigenvalue weighted by molar-refractivity contribution is 6.33. The molecule has 24 heavy (non-hydrogen) atoms. The molecular weight excluding hydrogens is 320 g/mol. The maximum absolute atomic E-state index is 9.20. The molecular formula is C19H17ClN4. The maximum Gasteiger partial charge on any atom is 0.105 e. The summed E-state index contributed by atoms with van der Waals surface area (Å²) >= 11 is 6.19. The summed E-state index contributed by atoms with van der Waals surface area (Å²) in [5.74, 6) is 0.994. The van der Waals surface area contributed by atoms with Crippen molar-refractivity contribution >= 4 is 17.3 Å². The van der Waals surface area contributed by atoms with Crippen LogP contribution in [0.3, 0.4) is 0 Å². The molecule has 0 saturated carbocycles. The van der Waals surface area contributed by atoms with Gasteiger partial charge in [-0.05, 0) is 30.2 Å². The van der Waals surface area contributed by atoms with Crippen molar-refractivity contribution in [1.82, 2.24) is 9.55 Å². The van der Waals surface area contributed by atoms with Crippen molar-refractivity contribution in [2.75, 3.05) is 5.32 Å². The van der Waals surface area contributed by atoms with Gasteiger partial charge in [-0.25, -0.2) is 4.98 Å². The Balaban J connectivity index is 1.74. The number of halogens is 1. The van der Waals surface area contributed by atoms with Gasteiger partial charge in [0.05, 0.1) is 16.3 Å². The van der Waals surface area contributed by atoms with Crippen LogP contribution in [0.4, 0.5) is 5.69 Å². The van der Waals surface area contributed by atoms with Crippen molar-refractivity contribution in [1.29, 1.82) is 5.26 Å². The third-order valence-electron chi connectivity index (χ3n) is 3.87. The van der Waals surface area contributed by atoms with Crippen molar-refractivity contribution in [2.24, 2.45) is 0 Å². The third-order valence-corrected chi connectivity index (χ3v) is 4.19. The molecule has 0 aliphatic carbocycles. The highest BCUT2D eigenvalue weighted by Crippen LogP contribution is 2.26. The molecule has 0 atom stereocenters. The Labute approximate surface area is 146 Å². The van der Waals surface area contributed by atoms with Gasteiger partial charge in [-0.15, -0.1) is 0 Å². The van der Waals surface area contributed by atoms with E-state index in [4.69, 9.17) is 11.6 Å². The molecule has 0 saturated heterocycles. The van der Waals surface area contributed by atoms with Crippen molar-refractivity contribution in [2.45, 2.75) is 20.0 Å². The Kier molecular flexibility index (Phi) is 4.83. The molecule has 120 valence electrons. The van der Waals surface area contributed by atoms with Crippen LogP contribution in [0.25, 0.3) is 0 Å². The monoisotopic (exact) mass is 336 g/mol. The molecule has 0 bridgehead atoms. The molecule has 2 aromatic carbocycles. The number of anilines is 1. The molecule has 0 unspecified atom stereocenters. The SMILES string of the molecule is Cc1nccn1Cc1cccc(CNc2c(Cl)cccc2C#N)c1. The number of rotatable bonds is 5. The van der Waals surface area contributed by atoms with Crippen LogP contribution in [0, 0.1) is 18.3 Å². The lowest BCUT2D eigenvalue weighted by atomic mass is 10.1. The fourth-order valence-electron chi connectivity index (χ4n) is 2.59. The predicted octanol–water partition coefficient (Wildman–Crippen LogP) is 4.38. The summed E-state index contributed by atoms with van der Waals surface area (Å²) < 4.78 is 2.11. The van der Waals surface area contributed by atoms with E-state index in [0.717, 1.165) is 17.9 Å². The zero-order chi connectivity index (χ0) is 16.9. The predicted molar refractivity (Wildman–Crippen MR) is 96.0 cm³/mol. The van der Waals surface area contributed by atoms with Crippen LogP contribution in [-0.4, -0.2) is 9.55 Å². The van der Waals surface area contributed by atoms with E-state index < -0.39 is 0 Å². The third kappa shape index (κ3) is 3.58. The molecule has 0 aliphatic rings. The number of nitrogens with zero attached hydrogens (tertiary/aromatic N) is 3. The molecule has 1 heterocycles. The number of nitrogens with one attached hydrogen (secondary N) is 1. The Morgan fingerprint density at radius 3 is 2.75 bits per heavy atom. The molecule has 3 rings (SSSR count). The summed E-state index contributed by atoms with van der Waals surface area (Å²) in [5, 5.41) is 13.0. The Morgan fingerprint density at radius 1 is 1.21 bits per heavy atom. The van der Waals surface area contributed by atoms with E-state index in [9.17, 15) is 5.26 Å². The summed E-state index contributed by atoms with van der Waals surface area (Å²) in [4.78, 5) is 4.25. The van der Waals surface area contributed by atoms with Gasteiger partial charge in [0, 0.05) is 25.5 Å². The second-order valence-electron chi connectivity index (χ2n) is 5.55. The average molecular weight is 337 g/mol. The topological polar surface area (TPSA) is 53.6 Å². The van der Waals surface area contributed by atoms with Crippen molar-refractivity contribution in [3.63, 3.8) is 0 Å². The largest absolute Gasteiger partial charge is 0.379 e. The van der Waals surface area contributed by atoms with Gasteiger partial charge in [0.2, 0.25) is 0 Å². The highest BCUT2D eigenvalue weighted by atomic mass is 35.5. The molecule has 4 nitrogen and oxygen atoms in total. The molecule has 3 aromatic rings. The number of hydrogen-bond acceptors (Lipinski definition) is 3. The van der Waals surface area contributed by atoms with Crippen molar-refractivity contribution in [3.05, 3.63) is 82.4 Å². The minimum atomic E-state index is 0.549. The van der Waals surface area contributed by atoms with Crippen LogP contribution in [0.15, 0.2) is 54.9 Å². The number of aryl methyl sites for hydroxylation is 1. The summed E-state index contributed by atoms with van der Waals surface area (Å²) in [5.41, 5.74) is 3.56. The minimum Gasteiger partial charge on any atom is -0.379 e. The number of nitriles is 1. The first-order valence-corrected chi connectivity index (χ1v) is 8.03. The highest BCUT2D eigenvalue weighted by Gasteiger charge is 2.06. The van der Waals surface area contributed by atoms with Gasteiger partial charge in [0.1, 0.15) is 11.9 Å². The average Bonchev–Trinajstić information content (AvgIpc) is 2.99. The van der Waals surface area contributed by atoms with Crippen molar-refractivity contribution in [3.8, 4) is 6.07 Å². The van der Waals surface area contributed by atoms with E-state index in [1.165, 1.54) is 5.56 Å². The Hall–Kier alpha value is -2.77. The lowest BCUT2D eigenvalue weighted by Crippen LogP contribution is -2.04. The first-order valence-electron chi connectivity index (χ1n) is 7.65. The first kappa shape index (κ1) is 16.1. The molecule has 0 spiro atoms. The summed E-state index contributed by atoms with van der Waals surface area (Å²) in [6.07, 6.45) is 3.78. The van der Waals surface area contributed by atoms with Crippen LogP contribution in [0.2, 0.25) is 5.02 Å². The summed E-state index contributed by atoms with van der Waals surface area (Å²) in [6.45, 7) is 3.39. The minimum absolute atomic E-state index is 0.549. The second kappa shape index (κ2) is 7.20. The van der Waals surface area contributed by atoms with Gasteiger partial charge in [-0.2, -0.15) is 5.26 Å². The molecule has 0 radical (unpaired) electrons. The quantitative estimate of drug-likeness (QED) is 0.752. The lowest BCUT2D eigenvalue weighted by Gasteiger charge is -2.11. The van der Waals surface area contributed by atoms with Gasteiger partial charge in [0.25, 0.3) is 0 Å². The Bertz CT molecular complexity index is 892. The fraction of sp³-hybridized carbons (Fsp3) is 0.158. The van der Waals surface area contributed by atoms with E-state index in [2.05, 4.69) is 39.1 Å². The number of imidazole rings is 1. The first-order chi connectivity index (χ1) is 11.7. The molecule has 1 N–H and O–H groups in total. The van der Waals surface area contributed by atoms with Crippen LogP contribution in [0.5, 0.6) is 0 Å². The number of aromatic nitrogens is 2. The maximum atomic E-state index is 9.20. The van der Waals surface area contributed by atoms with Gasteiger partial charge >= 0.3 is 0 Å². The second-order valence-corrected chi connectivity index (χ2v) is 5.96. The Morgan fingerprint density at radius 2 is 2.00 bits per heavy atom. The fourth-order valence-corrected chi connectivity index (χ4v) is 2.83. The normalized spacial score (nSPS) is 10.4. The molecule has 0 amide bonds. The van der Waals surface area contributed by atoms with E-state index >= 15 is 0 Å². The molecule has 0 aliphatic heterocycles. The zero-order valence-electron chi connectivity index (χ0n) is 13.3. The van der Waals surface area contributed by atoms with Gasteiger partial charge in [-0.1, -0.05) is 41.9 Å². The summed E-state index contributed by atoms with van der Waals surface area (Å²) in [6, 6.07) is 15.8. The van der Waals surface area contributed by atoms with Crippen LogP contribution < -0.4 is 5.32 Å². The van der Waals surface area contributed by atoms with Crippen molar-refractivity contribution < 1.29 is 0 Å². The zero-order valence-corrected chi connectivity index (χ0v) is 14.1.